The van der Waals surface area contributed by atoms with E-state index in [0.29, 0.717) is 12.4 Å². The number of halogens is 1. The third-order valence-electron chi connectivity index (χ3n) is 2.70. The van der Waals surface area contributed by atoms with E-state index >= 15 is 0 Å². The fraction of sp³-hybridized carbons (Fsp3) is 0.583. The molecule has 8 heteroatoms. The van der Waals surface area contributed by atoms with E-state index in [-0.39, 0.29) is 29.6 Å². The smallest absolute Gasteiger partial charge is 0.244 e. The molecule has 1 aromatic rings. The van der Waals surface area contributed by atoms with Crippen molar-refractivity contribution in [1.82, 2.24) is 9.29 Å². The van der Waals surface area contributed by atoms with Crippen molar-refractivity contribution in [2.24, 2.45) is 0 Å². The first-order valence-electron chi connectivity index (χ1n) is 6.47. The van der Waals surface area contributed by atoms with Crippen molar-refractivity contribution in [2.45, 2.75) is 25.2 Å². The molecule has 0 saturated heterocycles. The summed E-state index contributed by atoms with van der Waals surface area (Å²) in [7, 11) is -3.67. The lowest BCUT2D eigenvalue weighted by Gasteiger charge is -2.19. The zero-order chi connectivity index (χ0) is 15.2. The number of aliphatic hydroxyl groups is 1. The van der Waals surface area contributed by atoms with Crippen molar-refractivity contribution >= 4 is 27.4 Å². The molecule has 1 aromatic heterocycles. The first-order chi connectivity index (χ1) is 9.47. The zero-order valence-electron chi connectivity index (χ0n) is 11.6. The summed E-state index contributed by atoms with van der Waals surface area (Å²) in [4.78, 5) is 4.08. The fourth-order valence-corrected chi connectivity index (χ4v) is 3.35. The SMILES string of the molecule is CCCNc1ncc(S(=O)(=O)N(CC)CCO)cc1Cl. The summed E-state index contributed by atoms with van der Waals surface area (Å²) < 4.78 is 25.8. The predicted octanol–water partition coefficient (Wildman–Crippen LogP) is 1.56. The van der Waals surface area contributed by atoms with Gasteiger partial charge in [0.25, 0.3) is 0 Å². The Bertz CT molecular complexity index is 537. The molecule has 0 unspecified atom stereocenters. The summed E-state index contributed by atoms with van der Waals surface area (Å²) >= 11 is 6.04. The van der Waals surface area contributed by atoms with Gasteiger partial charge in [-0.3, -0.25) is 0 Å². The van der Waals surface area contributed by atoms with Gasteiger partial charge in [0.1, 0.15) is 10.7 Å². The molecule has 0 aliphatic carbocycles. The highest BCUT2D eigenvalue weighted by atomic mass is 35.5. The number of hydrogen-bond donors (Lipinski definition) is 2. The number of hydrogen-bond acceptors (Lipinski definition) is 5. The Morgan fingerprint density at radius 2 is 2.15 bits per heavy atom. The standard InChI is InChI=1S/C12H20ClN3O3S/c1-3-5-14-12-11(13)8-10(9-15-12)20(18,19)16(4-2)6-7-17/h8-9,17H,3-7H2,1-2H3,(H,14,15). The number of anilines is 1. The first kappa shape index (κ1) is 17.2. The monoisotopic (exact) mass is 321 g/mol. The summed E-state index contributed by atoms with van der Waals surface area (Å²) in [5.41, 5.74) is 0. The Labute approximate surface area is 124 Å². The van der Waals surface area contributed by atoms with E-state index in [9.17, 15) is 8.42 Å². The molecule has 1 heterocycles. The molecule has 0 aromatic carbocycles. The Kier molecular flexibility index (Phi) is 6.67. The molecule has 6 nitrogen and oxygen atoms in total. The lowest BCUT2D eigenvalue weighted by molar-refractivity contribution is 0.257. The molecule has 2 N–H and O–H groups in total. The largest absolute Gasteiger partial charge is 0.395 e. The van der Waals surface area contributed by atoms with Crippen molar-refractivity contribution < 1.29 is 13.5 Å². The first-order valence-corrected chi connectivity index (χ1v) is 8.29. The summed E-state index contributed by atoms with van der Waals surface area (Å²) in [6.45, 7) is 4.52. The number of nitrogens with zero attached hydrogens (tertiary/aromatic N) is 2. The van der Waals surface area contributed by atoms with E-state index in [1.54, 1.807) is 6.92 Å². The van der Waals surface area contributed by atoms with Crippen LogP contribution < -0.4 is 5.32 Å². The van der Waals surface area contributed by atoms with Crippen LogP contribution in [0.25, 0.3) is 0 Å². The van der Waals surface area contributed by atoms with Gasteiger partial charge >= 0.3 is 0 Å². The average molecular weight is 322 g/mol. The van der Waals surface area contributed by atoms with Crippen molar-refractivity contribution in [2.75, 3.05) is 31.6 Å². The molecular weight excluding hydrogens is 302 g/mol. The lowest BCUT2D eigenvalue weighted by atomic mass is 10.4. The molecule has 0 bridgehead atoms. The topological polar surface area (TPSA) is 82.5 Å². The molecule has 0 aliphatic heterocycles. The van der Waals surface area contributed by atoms with Gasteiger partial charge in [-0.25, -0.2) is 13.4 Å². The third-order valence-corrected chi connectivity index (χ3v) is 4.93. The number of likely N-dealkylation sites (N-methyl/N-ethyl adjacent to an activating group) is 1. The molecule has 0 spiro atoms. The summed E-state index contributed by atoms with van der Waals surface area (Å²) in [5, 5.41) is 12.2. The minimum Gasteiger partial charge on any atom is -0.395 e. The molecule has 0 fully saturated rings. The number of sulfonamides is 1. The second-order valence-corrected chi connectivity index (χ2v) is 6.49. The van der Waals surface area contributed by atoms with Crippen LogP contribution >= 0.6 is 11.6 Å². The van der Waals surface area contributed by atoms with Gasteiger partial charge in [-0.05, 0) is 12.5 Å². The minimum atomic E-state index is -3.67. The van der Waals surface area contributed by atoms with E-state index in [4.69, 9.17) is 16.7 Å². The Morgan fingerprint density at radius 1 is 1.45 bits per heavy atom. The number of pyridine rings is 1. The quantitative estimate of drug-likeness (QED) is 0.759. The van der Waals surface area contributed by atoms with E-state index < -0.39 is 10.0 Å². The highest BCUT2D eigenvalue weighted by molar-refractivity contribution is 7.89. The Balaban J connectivity index is 3.04. The molecule has 114 valence electrons. The Hall–Kier alpha value is -0.890. The lowest BCUT2D eigenvalue weighted by Crippen LogP contribution is -2.33. The van der Waals surface area contributed by atoms with Crippen LogP contribution in [0.3, 0.4) is 0 Å². The zero-order valence-corrected chi connectivity index (χ0v) is 13.2. The van der Waals surface area contributed by atoms with Crippen LogP contribution in [0.15, 0.2) is 17.2 Å². The van der Waals surface area contributed by atoms with Crippen LogP contribution in [0.5, 0.6) is 0 Å². The van der Waals surface area contributed by atoms with Crippen molar-refractivity contribution in [1.29, 1.82) is 0 Å². The fourth-order valence-electron chi connectivity index (χ4n) is 1.64. The number of nitrogens with one attached hydrogen (secondary N) is 1. The van der Waals surface area contributed by atoms with E-state index in [1.807, 2.05) is 6.92 Å². The maximum Gasteiger partial charge on any atom is 0.244 e. The molecule has 0 atom stereocenters. The van der Waals surface area contributed by atoms with Crippen LogP contribution in [0.2, 0.25) is 5.02 Å². The van der Waals surface area contributed by atoms with Gasteiger partial charge < -0.3 is 10.4 Å². The number of rotatable bonds is 8. The normalized spacial score (nSPS) is 11.8. The van der Waals surface area contributed by atoms with Crippen molar-refractivity contribution in [3.8, 4) is 0 Å². The molecule has 20 heavy (non-hydrogen) atoms. The van der Waals surface area contributed by atoms with Crippen LogP contribution in [0, 0.1) is 0 Å². The number of aromatic nitrogens is 1. The molecule has 0 aliphatic rings. The Morgan fingerprint density at radius 3 is 2.65 bits per heavy atom. The van der Waals surface area contributed by atoms with Crippen molar-refractivity contribution in [3.05, 3.63) is 17.3 Å². The second-order valence-electron chi connectivity index (χ2n) is 4.15. The van der Waals surface area contributed by atoms with E-state index in [2.05, 4.69) is 10.3 Å². The minimum absolute atomic E-state index is 0.0276. The van der Waals surface area contributed by atoms with Crippen LogP contribution in [0.1, 0.15) is 20.3 Å². The van der Waals surface area contributed by atoms with E-state index in [1.165, 1.54) is 16.6 Å². The van der Waals surface area contributed by atoms with Crippen LogP contribution in [-0.2, 0) is 10.0 Å². The van der Waals surface area contributed by atoms with Gasteiger partial charge in [-0.2, -0.15) is 4.31 Å². The number of aliphatic hydroxyl groups excluding tert-OH is 1. The summed E-state index contributed by atoms with van der Waals surface area (Å²) in [6, 6.07) is 1.38. The highest BCUT2D eigenvalue weighted by Gasteiger charge is 2.23. The molecular formula is C12H20ClN3O3S. The molecule has 0 radical (unpaired) electrons. The van der Waals surface area contributed by atoms with Crippen LogP contribution in [0.4, 0.5) is 5.82 Å². The third kappa shape index (κ3) is 4.05. The van der Waals surface area contributed by atoms with Gasteiger partial charge in [-0.15, -0.1) is 0 Å². The maximum atomic E-state index is 12.3. The van der Waals surface area contributed by atoms with Gasteiger partial charge in [0.2, 0.25) is 10.0 Å². The second kappa shape index (κ2) is 7.78. The maximum absolute atomic E-state index is 12.3. The van der Waals surface area contributed by atoms with Gasteiger partial charge in [0, 0.05) is 25.8 Å². The highest BCUT2D eigenvalue weighted by Crippen LogP contribution is 2.24. The van der Waals surface area contributed by atoms with Crippen LogP contribution in [-0.4, -0.2) is 49.1 Å². The summed E-state index contributed by atoms with van der Waals surface area (Å²) in [5.74, 6) is 0.470. The molecule has 1 rings (SSSR count). The van der Waals surface area contributed by atoms with Crippen molar-refractivity contribution in [3.63, 3.8) is 0 Å². The summed E-state index contributed by atoms with van der Waals surface area (Å²) in [6.07, 6.45) is 2.19. The van der Waals surface area contributed by atoms with E-state index in [0.717, 1.165) is 6.42 Å². The predicted molar refractivity (Wildman–Crippen MR) is 79.5 cm³/mol. The average Bonchev–Trinajstić information content (AvgIpc) is 2.43. The van der Waals surface area contributed by atoms with Gasteiger partial charge in [-0.1, -0.05) is 25.4 Å². The molecule has 0 amide bonds. The molecule has 0 saturated carbocycles. The van der Waals surface area contributed by atoms with Gasteiger partial charge in [0.15, 0.2) is 0 Å². The van der Waals surface area contributed by atoms with Gasteiger partial charge in [0.05, 0.1) is 11.6 Å².